The van der Waals surface area contributed by atoms with E-state index in [1.165, 1.54) is 23.8 Å². The van der Waals surface area contributed by atoms with Crippen molar-refractivity contribution in [3.8, 4) is 0 Å². The van der Waals surface area contributed by atoms with E-state index in [4.69, 9.17) is 11.6 Å². The Morgan fingerprint density at radius 1 is 1.00 bits per heavy atom. The number of fused-ring (bicyclic) bond motifs is 1. The number of rotatable bonds is 3. The maximum Gasteiger partial charge on any atom is 0.227 e. The molecule has 1 N–H and O–H groups in total. The smallest absolute Gasteiger partial charge is 0.227 e. The molecule has 1 heterocycles. The molecule has 0 atom stereocenters. The standard InChI is InChI=1S/C23H21ClN2O/c24-17-5-7-18(8-6-17)26-22(27)16-13-23(14-16)11-15(12-23)19-9-10-25-21-4-2-1-3-20(19)21/h1-10,15-16H,11-14H2,(H,26,27). The molecule has 0 unspecified atom stereocenters. The van der Waals surface area contributed by atoms with E-state index in [0.717, 1.165) is 24.0 Å². The van der Waals surface area contributed by atoms with Crippen LogP contribution in [0.4, 0.5) is 5.69 Å². The number of hydrogen-bond donors (Lipinski definition) is 1. The third-order valence-corrected chi connectivity index (χ3v) is 6.57. The van der Waals surface area contributed by atoms with Crippen molar-refractivity contribution in [1.82, 2.24) is 4.98 Å². The van der Waals surface area contributed by atoms with E-state index in [0.29, 0.717) is 16.4 Å². The van der Waals surface area contributed by atoms with Crippen LogP contribution in [0.3, 0.4) is 0 Å². The van der Waals surface area contributed by atoms with E-state index in [9.17, 15) is 4.79 Å². The van der Waals surface area contributed by atoms with Crippen LogP contribution < -0.4 is 5.32 Å². The number of nitrogens with one attached hydrogen (secondary N) is 1. The predicted molar refractivity (Wildman–Crippen MR) is 109 cm³/mol. The summed E-state index contributed by atoms with van der Waals surface area (Å²) in [6.07, 6.45) is 6.31. The van der Waals surface area contributed by atoms with Gasteiger partial charge in [0.15, 0.2) is 0 Å². The van der Waals surface area contributed by atoms with E-state index in [-0.39, 0.29) is 11.8 Å². The number of pyridine rings is 1. The van der Waals surface area contributed by atoms with Crippen LogP contribution in [0.1, 0.15) is 37.2 Å². The molecule has 3 aromatic rings. The maximum absolute atomic E-state index is 12.5. The van der Waals surface area contributed by atoms with Gasteiger partial charge in [0.05, 0.1) is 5.52 Å². The average molecular weight is 377 g/mol. The molecule has 0 radical (unpaired) electrons. The molecule has 27 heavy (non-hydrogen) atoms. The third kappa shape index (κ3) is 3.00. The summed E-state index contributed by atoms with van der Waals surface area (Å²) in [6.45, 7) is 0. The van der Waals surface area contributed by atoms with Crippen molar-refractivity contribution >= 4 is 34.1 Å². The number of anilines is 1. The van der Waals surface area contributed by atoms with Crippen LogP contribution in [0.15, 0.2) is 60.8 Å². The highest BCUT2D eigenvalue weighted by atomic mass is 35.5. The minimum Gasteiger partial charge on any atom is -0.326 e. The van der Waals surface area contributed by atoms with Gasteiger partial charge < -0.3 is 5.32 Å². The molecule has 136 valence electrons. The molecule has 1 amide bonds. The fourth-order valence-corrected chi connectivity index (χ4v) is 5.09. The van der Waals surface area contributed by atoms with Crippen molar-refractivity contribution < 1.29 is 4.79 Å². The monoisotopic (exact) mass is 376 g/mol. The second kappa shape index (κ2) is 6.35. The van der Waals surface area contributed by atoms with Crippen LogP contribution in [-0.2, 0) is 4.79 Å². The largest absolute Gasteiger partial charge is 0.326 e. The van der Waals surface area contributed by atoms with Crippen molar-refractivity contribution in [1.29, 1.82) is 0 Å². The van der Waals surface area contributed by atoms with Gasteiger partial charge in [0.1, 0.15) is 0 Å². The zero-order valence-electron chi connectivity index (χ0n) is 15.0. The van der Waals surface area contributed by atoms with E-state index in [2.05, 4.69) is 34.6 Å². The Kier molecular flexibility index (Phi) is 3.94. The van der Waals surface area contributed by atoms with Gasteiger partial charge in [0, 0.05) is 28.2 Å². The van der Waals surface area contributed by atoms with Crippen LogP contribution in [0.5, 0.6) is 0 Å². The minimum absolute atomic E-state index is 0.135. The van der Waals surface area contributed by atoms with Gasteiger partial charge >= 0.3 is 0 Å². The summed E-state index contributed by atoms with van der Waals surface area (Å²) >= 11 is 5.90. The zero-order chi connectivity index (χ0) is 18.4. The fraction of sp³-hybridized carbons (Fsp3) is 0.304. The first-order chi connectivity index (χ1) is 13.1. The lowest BCUT2D eigenvalue weighted by atomic mass is 9.47. The van der Waals surface area contributed by atoms with Crippen LogP contribution in [0.2, 0.25) is 5.02 Å². The van der Waals surface area contributed by atoms with Crippen LogP contribution >= 0.6 is 11.6 Å². The summed E-state index contributed by atoms with van der Waals surface area (Å²) in [7, 11) is 0. The molecule has 1 spiro atoms. The van der Waals surface area contributed by atoms with Gasteiger partial charge in [0.25, 0.3) is 0 Å². The molecule has 0 aliphatic heterocycles. The average Bonchev–Trinajstić information content (AvgIpc) is 2.61. The van der Waals surface area contributed by atoms with E-state index >= 15 is 0 Å². The normalized spacial score (nSPS) is 26.4. The topological polar surface area (TPSA) is 42.0 Å². The lowest BCUT2D eigenvalue weighted by Gasteiger charge is -2.57. The summed E-state index contributed by atoms with van der Waals surface area (Å²) in [5, 5.41) is 4.97. The summed E-state index contributed by atoms with van der Waals surface area (Å²) < 4.78 is 0. The Morgan fingerprint density at radius 2 is 1.74 bits per heavy atom. The molecule has 2 aliphatic rings. The number of aromatic nitrogens is 1. The number of halogens is 1. The number of carbonyl (C=O) groups is 1. The maximum atomic E-state index is 12.5. The van der Waals surface area contributed by atoms with Crippen molar-refractivity contribution in [2.24, 2.45) is 11.3 Å². The first-order valence-electron chi connectivity index (χ1n) is 9.52. The molecule has 4 heteroatoms. The highest BCUT2D eigenvalue weighted by Crippen LogP contribution is 2.64. The highest BCUT2D eigenvalue weighted by molar-refractivity contribution is 6.30. The minimum atomic E-state index is 0.135. The second-order valence-electron chi connectivity index (χ2n) is 8.12. The molecular formula is C23H21ClN2O. The fourth-order valence-electron chi connectivity index (χ4n) is 4.96. The van der Waals surface area contributed by atoms with E-state index in [1.807, 2.05) is 24.4 Å². The van der Waals surface area contributed by atoms with Gasteiger partial charge in [0.2, 0.25) is 5.91 Å². The molecular weight excluding hydrogens is 356 g/mol. The Hall–Kier alpha value is -2.39. The van der Waals surface area contributed by atoms with Crippen molar-refractivity contribution in [2.75, 3.05) is 5.32 Å². The number of benzene rings is 2. The van der Waals surface area contributed by atoms with Gasteiger partial charge in [-0.25, -0.2) is 0 Å². The summed E-state index contributed by atoms with van der Waals surface area (Å²) in [5.74, 6) is 0.870. The third-order valence-electron chi connectivity index (χ3n) is 6.32. The number of para-hydroxylation sites is 1. The molecule has 2 saturated carbocycles. The van der Waals surface area contributed by atoms with Crippen molar-refractivity contribution in [3.05, 3.63) is 71.4 Å². The lowest BCUT2D eigenvalue weighted by Crippen LogP contribution is -2.50. The Balaban J connectivity index is 1.21. The predicted octanol–water partition coefficient (Wildman–Crippen LogP) is 5.80. The first kappa shape index (κ1) is 16.8. The van der Waals surface area contributed by atoms with Gasteiger partial charge in [-0.1, -0.05) is 29.8 Å². The number of nitrogens with zero attached hydrogens (tertiary/aromatic N) is 1. The van der Waals surface area contributed by atoms with Gasteiger partial charge in [-0.05, 0) is 79.0 Å². The number of hydrogen-bond acceptors (Lipinski definition) is 2. The van der Waals surface area contributed by atoms with Crippen LogP contribution in [-0.4, -0.2) is 10.9 Å². The zero-order valence-corrected chi connectivity index (χ0v) is 15.7. The molecule has 0 saturated heterocycles. The Bertz CT molecular complexity index is 995. The second-order valence-corrected chi connectivity index (χ2v) is 8.56. The number of carbonyl (C=O) groups excluding carboxylic acids is 1. The van der Waals surface area contributed by atoms with Gasteiger partial charge in [-0.2, -0.15) is 0 Å². The van der Waals surface area contributed by atoms with Gasteiger partial charge in [-0.3, -0.25) is 9.78 Å². The van der Waals surface area contributed by atoms with Crippen LogP contribution in [0.25, 0.3) is 10.9 Å². The Labute approximate surface area is 163 Å². The highest BCUT2D eigenvalue weighted by Gasteiger charge is 2.55. The Morgan fingerprint density at radius 3 is 2.52 bits per heavy atom. The lowest BCUT2D eigenvalue weighted by molar-refractivity contribution is -0.132. The molecule has 2 fully saturated rings. The summed E-state index contributed by atoms with van der Waals surface area (Å²) in [5.41, 5.74) is 3.68. The molecule has 2 aromatic carbocycles. The van der Waals surface area contributed by atoms with Gasteiger partial charge in [-0.15, -0.1) is 0 Å². The molecule has 1 aromatic heterocycles. The molecule has 3 nitrogen and oxygen atoms in total. The van der Waals surface area contributed by atoms with Crippen molar-refractivity contribution in [3.63, 3.8) is 0 Å². The SMILES string of the molecule is O=C(Nc1ccc(Cl)cc1)C1CC2(C1)CC(c1ccnc3ccccc13)C2. The summed E-state index contributed by atoms with van der Waals surface area (Å²) in [4.78, 5) is 17.0. The molecule has 5 rings (SSSR count). The van der Waals surface area contributed by atoms with E-state index in [1.54, 1.807) is 12.1 Å². The van der Waals surface area contributed by atoms with Crippen molar-refractivity contribution in [2.45, 2.75) is 31.6 Å². The van der Waals surface area contributed by atoms with Crippen LogP contribution in [0, 0.1) is 11.3 Å². The first-order valence-corrected chi connectivity index (χ1v) is 9.90. The summed E-state index contributed by atoms with van der Waals surface area (Å²) in [6, 6.07) is 17.8. The number of amides is 1. The van der Waals surface area contributed by atoms with E-state index < -0.39 is 0 Å². The quantitative estimate of drug-likeness (QED) is 0.627. The molecule has 0 bridgehead atoms. The molecule has 2 aliphatic carbocycles.